The van der Waals surface area contributed by atoms with Crippen LogP contribution in [0.15, 0.2) is 41.3 Å². The summed E-state index contributed by atoms with van der Waals surface area (Å²) in [7, 11) is -2.88. The zero-order chi connectivity index (χ0) is 22.9. The van der Waals surface area contributed by atoms with Gasteiger partial charge in [0.2, 0.25) is 15.9 Å². The molecule has 0 saturated carbocycles. The number of amides is 1. The van der Waals surface area contributed by atoms with E-state index in [2.05, 4.69) is 5.32 Å². The molecule has 0 heterocycles. The number of nitro benzene ring substituents is 1. The van der Waals surface area contributed by atoms with E-state index in [-0.39, 0.29) is 11.4 Å². The van der Waals surface area contributed by atoms with Crippen LogP contribution in [0.25, 0.3) is 0 Å². The molecule has 2 aromatic carbocycles. The van der Waals surface area contributed by atoms with Crippen LogP contribution in [0.2, 0.25) is 5.02 Å². The van der Waals surface area contributed by atoms with Crippen molar-refractivity contribution in [1.29, 1.82) is 0 Å². The number of nitrogens with one attached hydrogen (secondary N) is 1. The monoisotopic (exact) mass is 466 g/mol. The highest BCUT2D eigenvalue weighted by Gasteiger charge is 2.33. The number of carbonyl (C=O) groups is 1. The van der Waals surface area contributed by atoms with Gasteiger partial charge in [0.1, 0.15) is 5.69 Å². The number of primary sulfonamides is 1. The Labute approximate surface area is 173 Å². The third-order valence-corrected chi connectivity index (χ3v) is 5.06. The van der Waals surface area contributed by atoms with Crippen LogP contribution < -0.4 is 15.4 Å². The second-order valence-corrected chi connectivity index (χ2v) is 8.02. The van der Waals surface area contributed by atoms with Gasteiger partial charge < -0.3 is 10.2 Å². The highest BCUT2D eigenvalue weighted by Crippen LogP contribution is 2.36. The highest BCUT2D eigenvalue weighted by molar-refractivity contribution is 7.89. The Morgan fingerprint density at radius 3 is 2.43 bits per heavy atom. The fraction of sp³-hybridized carbons (Fsp3) is 0.188. The molecule has 0 atom stereocenters. The minimum Gasteiger partial charge on any atom is -0.360 e. The lowest BCUT2D eigenvalue weighted by atomic mass is 10.2. The number of hydrogen-bond acceptors (Lipinski definition) is 6. The topological polar surface area (TPSA) is 136 Å². The average Bonchev–Trinajstić information content (AvgIpc) is 2.60. The van der Waals surface area contributed by atoms with Gasteiger partial charge in [-0.05, 0) is 30.3 Å². The summed E-state index contributed by atoms with van der Waals surface area (Å²) in [4.78, 5) is 23.2. The zero-order valence-corrected chi connectivity index (χ0v) is 16.7. The van der Waals surface area contributed by atoms with E-state index in [1.807, 2.05) is 0 Å². The Bertz CT molecular complexity index is 1110. The lowest BCUT2D eigenvalue weighted by molar-refractivity contribution is -0.384. The first kappa shape index (κ1) is 23.4. The molecular formula is C16H14ClF3N4O5S. The zero-order valence-electron chi connectivity index (χ0n) is 15.1. The molecule has 0 unspecified atom stereocenters. The van der Waals surface area contributed by atoms with Gasteiger partial charge in [-0.1, -0.05) is 11.6 Å². The summed E-state index contributed by atoms with van der Waals surface area (Å²) in [6.07, 6.45) is -4.72. The van der Waals surface area contributed by atoms with E-state index in [1.54, 1.807) is 0 Å². The number of nitrogens with zero attached hydrogens (tertiary/aromatic N) is 2. The van der Waals surface area contributed by atoms with Gasteiger partial charge in [0.25, 0.3) is 5.69 Å². The van der Waals surface area contributed by atoms with Gasteiger partial charge in [0, 0.05) is 18.8 Å². The molecule has 0 radical (unpaired) electrons. The van der Waals surface area contributed by atoms with Gasteiger partial charge in [-0.2, -0.15) is 13.2 Å². The summed E-state index contributed by atoms with van der Waals surface area (Å²) in [5.41, 5.74) is -2.04. The molecule has 2 aromatic rings. The molecule has 162 valence electrons. The molecule has 30 heavy (non-hydrogen) atoms. The average molecular weight is 467 g/mol. The second-order valence-electron chi connectivity index (χ2n) is 6.05. The van der Waals surface area contributed by atoms with Crippen molar-refractivity contribution in [2.45, 2.75) is 11.1 Å². The normalized spacial score (nSPS) is 11.8. The summed E-state index contributed by atoms with van der Waals surface area (Å²) < 4.78 is 61.5. The van der Waals surface area contributed by atoms with Crippen LogP contribution in [0, 0.1) is 10.1 Å². The van der Waals surface area contributed by atoms with Gasteiger partial charge in [0.05, 0.1) is 26.9 Å². The van der Waals surface area contributed by atoms with E-state index in [9.17, 15) is 36.5 Å². The lowest BCUT2D eigenvalue weighted by Gasteiger charge is -2.19. The van der Waals surface area contributed by atoms with E-state index in [0.29, 0.717) is 6.07 Å². The lowest BCUT2D eigenvalue weighted by Crippen LogP contribution is -2.30. The summed E-state index contributed by atoms with van der Waals surface area (Å²) >= 11 is 5.52. The summed E-state index contributed by atoms with van der Waals surface area (Å²) in [6.45, 7) is -0.487. The maximum absolute atomic E-state index is 12.9. The molecule has 0 aliphatic carbocycles. The maximum atomic E-state index is 12.9. The number of likely N-dealkylation sites (N-methyl/N-ethyl adjacent to an activating group) is 1. The van der Waals surface area contributed by atoms with Gasteiger partial charge in [-0.3, -0.25) is 14.9 Å². The molecule has 0 spiro atoms. The molecule has 2 rings (SSSR count). The molecule has 0 aromatic heterocycles. The molecule has 1 amide bonds. The number of anilines is 2. The van der Waals surface area contributed by atoms with Crippen LogP contribution in [0.3, 0.4) is 0 Å². The molecule has 9 nitrogen and oxygen atoms in total. The predicted octanol–water partition coefficient (Wildman–Crippen LogP) is 2.99. The van der Waals surface area contributed by atoms with Crippen LogP contribution in [0.5, 0.6) is 0 Å². The second kappa shape index (κ2) is 8.45. The molecular weight excluding hydrogens is 453 g/mol. The fourth-order valence-corrected chi connectivity index (χ4v) is 3.23. The number of rotatable bonds is 6. The number of hydrogen-bond donors (Lipinski definition) is 2. The Morgan fingerprint density at radius 2 is 1.90 bits per heavy atom. The fourth-order valence-electron chi connectivity index (χ4n) is 2.47. The standard InChI is InChI=1S/C16H14ClF3N4O5S/c1-23(13-5-3-10(30(21,28)29)7-14(13)24(26)27)8-15(25)22-9-2-4-12(17)11(6-9)16(18,19)20/h2-7H,8H2,1H3,(H,22,25)(H2,21,28,29). The van der Waals surface area contributed by atoms with Crippen LogP contribution in [-0.4, -0.2) is 32.8 Å². The molecule has 0 fully saturated rings. The van der Waals surface area contributed by atoms with Crippen molar-refractivity contribution in [2.75, 3.05) is 23.8 Å². The summed E-state index contributed by atoms with van der Waals surface area (Å²) in [5, 5.41) is 17.9. The van der Waals surface area contributed by atoms with E-state index in [1.165, 1.54) is 13.1 Å². The van der Waals surface area contributed by atoms with Crippen molar-refractivity contribution < 1.29 is 31.3 Å². The molecule has 14 heteroatoms. The van der Waals surface area contributed by atoms with Crippen molar-refractivity contribution in [3.8, 4) is 0 Å². The number of sulfonamides is 1. The first-order chi connectivity index (χ1) is 13.7. The van der Waals surface area contributed by atoms with Crippen molar-refractivity contribution in [3.05, 3.63) is 57.1 Å². The Kier molecular flexibility index (Phi) is 6.59. The smallest absolute Gasteiger partial charge is 0.360 e. The van der Waals surface area contributed by atoms with Gasteiger partial charge >= 0.3 is 6.18 Å². The first-order valence-electron chi connectivity index (χ1n) is 7.89. The van der Waals surface area contributed by atoms with Gasteiger partial charge in [0.15, 0.2) is 0 Å². The maximum Gasteiger partial charge on any atom is 0.417 e. The van der Waals surface area contributed by atoms with E-state index >= 15 is 0 Å². The predicted molar refractivity (Wildman–Crippen MR) is 103 cm³/mol. The number of benzene rings is 2. The van der Waals surface area contributed by atoms with Crippen molar-refractivity contribution in [2.24, 2.45) is 5.14 Å². The number of carbonyl (C=O) groups excluding carboxylic acids is 1. The highest BCUT2D eigenvalue weighted by atomic mass is 35.5. The number of alkyl halides is 3. The SMILES string of the molecule is CN(CC(=O)Nc1ccc(Cl)c(C(F)(F)F)c1)c1ccc(S(N)(=O)=O)cc1[N+](=O)[O-]. The quantitative estimate of drug-likeness (QED) is 0.496. The molecule has 0 aliphatic heterocycles. The van der Waals surface area contributed by atoms with Crippen LogP contribution >= 0.6 is 11.6 Å². The third kappa shape index (κ3) is 5.58. The Balaban J connectivity index is 2.23. The molecule has 0 bridgehead atoms. The van der Waals surface area contributed by atoms with Crippen molar-refractivity contribution >= 4 is 44.6 Å². The first-order valence-corrected chi connectivity index (χ1v) is 9.81. The van der Waals surface area contributed by atoms with Crippen LogP contribution in [-0.2, 0) is 21.0 Å². The third-order valence-electron chi connectivity index (χ3n) is 3.82. The Hall–Kier alpha value is -2.90. The van der Waals surface area contributed by atoms with Gasteiger partial charge in [-0.25, -0.2) is 13.6 Å². The van der Waals surface area contributed by atoms with Crippen molar-refractivity contribution in [1.82, 2.24) is 0 Å². The summed E-state index contributed by atoms with van der Waals surface area (Å²) in [5.74, 6) is -0.780. The molecule has 0 saturated heterocycles. The van der Waals surface area contributed by atoms with E-state index in [0.717, 1.165) is 29.2 Å². The molecule has 3 N–H and O–H groups in total. The van der Waals surface area contributed by atoms with Gasteiger partial charge in [-0.15, -0.1) is 0 Å². The minimum atomic E-state index is -4.72. The van der Waals surface area contributed by atoms with E-state index in [4.69, 9.17) is 16.7 Å². The van der Waals surface area contributed by atoms with Crippen molar-refractivity contribution in [3.63, 3.8) is 0 Å². The number of halogens is 4. The number of nitrogens with two attached hydrogens (primary N) is 1. The summed E-state index contributed by atoms with van der Waals surface area (Å²) in [6, 6.07) is 5.66. The number of nitro groups is 1. The molecule has 0 aliphatic rings. The Morgan fingerprint density at radius 1 is 1.27 bits per heavy atom. The van der Waals surface area contributed by atoms with E-state index < -0.39 is 54.7 Å². The largest absolute Gasteiger partial charge is 0.417 e. The van der Waals surface area contributed by atoms with Crippen LogP contribution in [0.1, 0.15) is 5.56 Å². The van der Waals surface area contributed by atoms with Crippen LogP contribution in [0.4, 0.5) is 30.2 Å². The minimum absolute atomic E-state index is 0.102.